The molecule has 1 rings (SSSR count). The van der Waals surface area contributed by atoms with E-state index in [0.29, 0.717) is 10.6 Å². The fraction of sp³-hybridized carbons (Fsp3) is 0.200. The predicted molar refractivity (Wildman–Crippen MR) is 51.2 cm³/mol. The normalized spacial score (nSPS) is 12.3. The van der Waals surface area contributed by atoms with Crippen molar-refractivity contribution in [3.8, 4) is 0 Å². The van der Waals surface area contributed by atoms with Gasteiger partial charge in [0.15, 0.2) is 0 Å². The molecule has 14 heavy (non-hydrogen) atoms. The summed E-state index contributed by atoms with van der Waals surface area (Å²) in [7, 11) is 0. The summed E-state index contributed by atoms with van der Waals surface area (Å²) in [5.41, 5.74) is 0.596. The molecule has 0 aliphatic rings. The minimum Gasteiger partial charge on any atom is -0.171 e. The van der Waals surface area contributed by atoms with E-state index in [4.69, 9.17) is 11.6 Å². The molecule has 1 aromatic carbocycles. The second-order valence-electron chi connectivity index (χ2n) is 2.74. The second kappa shape index (κ2) is 4.51. The van der Waals surface area contributed by atoms with E-state index in [1.807, 2.05) is 0 Å². The molecule has 0 bridgehead atoms. The Hall–Kier alpha value is -0.960. The molecule has 0 aliphatic carbocycles. The molecule has 0 spiro atoms. The van der Waals surface area contributed by atoms with Crippen LogP contribution in [0.1, 0.15) is 12.0 Å². The molecule has 4 heteroatoms. The molecule has 0 saturated heterocycles. The average Bonchev–Trinajstić information content (AvgIpc) is 2.06. The van der Waals surface area contributed by atoms with Crippen molar-refractivity contribution in [3.05, 3.63) is 40.9 Å². The Labute approximate surface area is 85.0 Å². The lowest BCUT2D eigenvalue weighted by molar-refractivity contribution is -0.124. The van der Waals surface area contributed by atoms with Crippen molar-refractivity contribution < 1.29 is 13.2 Å². The van der Waals surface area contributed by atoms with Crippen molar-refractivity contribution in [1.29, 1.82) is 0 Å². The van der Waals surface area contributed by atoms with Gasteiger partial charge in [0.2, 0.25) is 0 Å². The van der Waals surface area contributed by atoms with Crippen LogP contribution in [0.2, 0.25) is 5.02 Å². The molecular formula is C10H8ClF3. The van der Waals surface area contributed by atoms with Crippen LogP contribution in [0.4, 0.5) is 13.2 Å². The van der Waals surface area contributed by atoms with E-state index in [1.165, 1.54) is 6.08 Å². The lowest BCUT2D eigenvalue weighted by Crippen LogP contribution is -2.03. The summed E-state index contributed by atoms with van der Waals surface area (Å²) in [5.74, 6) is 0. The molecule has 0 unspecified atom stereocenters. The van der Waals surface area contributed by atoms with Gasteiger partial charge in [0.25, 0.3) is 0 Å². The maximum Gasteiger partial charge on any atom is 0.392 e. The fourth-order valence-corrected chi connectivity index (χ4v) is 1.13. The van der Waals surface area contributed by atoms with E-state index in [0.717, 1.165) is 6.08 Å². The molecule has 76 valence electrons. The number of benzene rings is 1. The highest BCUT2D eigenvalue weighted by atomic mass is 35.5. The number of halogens is 4. The third-order valence-corrected chi connectivity index (χ3v) is 1.90. The van der Waals surface area contributed by atoms with Crippen LogP contribution in [0, 0.1) is 0 Å². The molecule has 0 saturated carbocycles. The van der Waals surface area contributed by atoms with Gasteiger partial charge in [-0.2, -0.15) is 13.2 Å². The molecule has 0 aliphatic heterocycles. The summed E-state index contributed by atoms with van der Waals surface area (Å²) in [6, 6.07) is 6.74. The molecule has 0 heterocycles. The summed E-state index contributed by atoms with van der Waals surface area (Å²) >= 11 is 5.74. The van der Waals surface area contributed by atoms with Gasteiger partial charge in [-0.25, -0.2) is 0 Å². The molecule has 0 N–H and O–H groups in total. The van der Waals surface area contributed by atoms with Gasteiger partial charge in [0.05, 0.1) is 6.42 Å². The summed E-state index contributed by atoms with van der Waals surface area (Å²) in [4.78, 5) is 0. The number of allylic oxidation sites excluding steroid dienone is 1. The fourth-order valence-electron chi connectivity index (χ4n) is 0.930. The lowest BCUT2D eigenvalue weighted by atomic mass is 10.2. The minimum atomic E-state index is -4.16. The highest BCUT2D eigenvalue weighted by Gasteiger charge is 2.24. The maximum atomic E-state index is 11.8. The van der Waals surface area contributed by atoms with Gasteiger partial charge >= 0.3 is 6.18 Å². The number of hydrogen-bond donors (Lipinski definition) is 0. The van der Waals surface area contributed by atoms with E-state index >= 15 is 0 Å². The maximum absolute atomic E-state index is 11.8. The van der Waals surface area contributed by atoms with Crippen LogP contribution in [0.25, 0.3) is 6.08 Å². The number of alkyl halides is 3. The van der Waals surface area contributed by atoms with E-state index in [-0.39, 0.29) is 0 Å². The van der Waals surface area contributed by atoms with Crippen molar-refractivity contribution in [1.82, 2.24) is 0 Å². The average molecular weight is 221 g/mol. The summed E-state index contributed by atoms with van der Waals surface area (Å²) in [5, 5.41) is 0.450. The first-order valence-electron chi connectivity index (χ1n) is 3.97. The second-order valence-corrected chi connectivity index (χ2v) is 3.15. The Morgan fingerprint density at radius 1 is 1.21 bits per heavy atom. The highest BCUT2D eigenvalue weighted by Crippen LogP contribution is 2.22. The zero-order valence-electron chi connectivity index (χ0n) is 7.18. The van der Waals surface area contributed by atoms with Crippen molar-refractivity contribution in [2.75, 3.05) is 0 Å². The van der Waals surface area contributed by atoms with Crippen LogP contribution >= 0.6 is 11.6 Å². The van der Waals surface area contributed by atoms with Gasteiger partial charge in [-0.1, -0.05) is 42.0 Å². The molecular weight excluding hydrogens is 213 g/mol. The third kappa shape index (κ3) is 3.83. The van der Waals surface area contributed by atoms with Crippen LogP contribution in [0.15, 0.2) is 30.3 Å². The molecule has 0 atom stereocenters. The molecule has 0 aromatic heterocycles. The Morgan fingerprint density at radius 3 is 2.43 bits per heavy atom. The Kier molecular flexibility index (Phi) is 3.58. The van der Waals surface area contributed by atoms with Gasteiger partial charge < -0.3 is 0 Å². The quantitative estimate of drug-likeness (QED) is 0.697. The first-order chi connectivity index (χ1) is 6.49. The number of rotatable bonds is 2. The van der Waals surface area contributed by atoms with Gasteiger partial charge in [0, 0.05) is 5.02 Å². The first kappa shape index (κ1) is 11.1. The highest BCUT2D eigenvalue weighted by molar-refractivity contribution is 6.32. The van der Waals surface area contributed by atoms with E-state index < -0.39 is 12.6 Å². The molecule has 0 radical (unpaired) electrons. The Bertz CT molecular complexity index is 328. The summed E-state index contributed by atoms with van der Waals surface area (Å²) < 4.78 is 35.3. The van der Waals surface area contributed by atoms with Gasteiger partial charge in [-0.3, -0.25) is 0 Å². The third-order valence-electron chi connectivity index (χ3n) is 1.55. The van der Waals surface area contributed by atoms with E-state index in [1.54, 1.807) is 24.3 Å². The predicted octanol–water partition coefficient (Wildman–Crippen LogP) is 4.31. The topological polar surface area (TPSA) is 0 Å². The monoisotopic (exact) mass is 220 g/mol. The van der Waals surface area contributed by atoms with Crippen LogP contribution in [-0.2, 0) is 0 Å². The standard InChI is InChI=1S/C10H8ClF3/c11-9-6-2-1-4-8(9)5-3-7-10(12,13)14/h1-6H,7H2/b5-3+. The van der Waals surface area contributed by atoms with Crippen molar-refractivity contribution >= 4 is 17.7 Å². The number of hydrogen-bond acceptors (Lipinski definition) is 0. The van der Waals surface area contributed by atoms with Crippen molar-refractivity contribution in [3.63, 3.8) is 0 Å². The zero-order chi connectivity index (χ0) is 10.6. The molecule has 1 aromatic rings. The summed E-state index contributed by atoms with van der Waals surface area (Å²) in [6.07, 6.45) is -2.66. The molecule has 0 nitrogen and oxygen atoms in total. The summed E-state index contributed by atoms with van der Waals surface area (Å²) in [6.45, 7) is 0. The van der Waals surface area contributed by atoms with Crippen LogP contribution in [0.3, 0.4) is 0 Å². The smallest absolute Gasteiger partial charge is 0.171 e. The van der Waals surface area contributed by atoms with Gasteiger partial charge in [0.1, 0.15) is 0 Å². The van der Waals surface area contributed by atoms with E-state index in [9.17, 15) is 13.2 Å². The van der Waals surface area contributed by atoms with Crippen LogP contribution < -0.4 is 0 Å². The van der Waals surface area contributed by atoms with Crippen LogP contribution in [0.5, 0.6) is 0 Å². The Morgan fingerprint density at radius 2 is 1.86 bits per heavy atom. The van der Waals surface area contributed by atoms with Gasteiger partial charge in [-0.05, 0) is 11.6 Å². The molecule has 0 fully saturated rings. The van der Waals surface area contributed by atoms with Crippen LogP contribution in [-0.4, -0.2) is 6.18 Å². The minimum absolute atomic E-state index is 0.450. The van der Waals surface area contributed by atoms with Gasteiger partial charge in [-0.15, -0.1) is 0 Å². The van der Waals surface area contributed by atoms with E-state index in [2.05, 4.69) is 0 Å². The Balaban J connectivity index is 2.65. The van der Waals surface area contributed by atoms with Crippen molar-refractivity contribution in [2.45, 2.75) is 12.6 Å². The zero-order valence-corrected chi connectivity index (χ0v) is 7.94. The lowest BCUT2D eigenvalue weighted by Gasteiger charge is -2.01. The SMILES string of the molecule is FC(F)(F)C/C=C/c1ccccc1Cl. The molecule has 0 amide bonds. The van der Waals surface area contributed by atoms with Crippen molar-refractivity contribution in [2.24, 2.45) is 0 Å². The largest absolute Gasteiger partial charge is 0.392 e. The first-order valence-corrected chi connectivity index (χ1v) is 4.35.